The molecule has 8 radical (unpaired) electrons. The van der Waals surface area contributed by atoms with E-state index in [1.807, 2.05) is 0 Å². The summed E-state index contributed by atoms with van der Waals surface area (Å²) in [6, 6.07) is 0. The smallest absolute Gasteiger partial charge is 0.0624 e. The predicted molar refractivity (Wildman–Crippen MR) is 142 cm³/mol. The van der Waals surface area contributed by atoms with Crippen molar-refractivity contribution >= 4 is 31.4 Å². The van der Waals surface area contributed by atoms with E-state index in [0.29, 0.717) is 55.2 Å². The van der Waals surface area contributed by atoms with Gasteiger partial charge in [0.25, 0.3) is 0 Å². The van der Waals surface area contributed by atoms with E-state index in [0.717, 1.165) is 67.0 Å². The number of hydrogen-bond acceptors (Lipinski definition) is 0. The van der Waals surface area contributed by atoms with E-state index < -0.39 is 0 Å². The van der Waals surface area contributed by atoms with Crippen LogP contribution in [0.3, 0.4) is 0 Å². The summed E-state index contributed by atoms with van der Waals surface area (Å²) in [4.78, 5) is 0. The molecule has 34 unspecified atom stereocenters. The molecule has 0 aromatic rings. The Balaban J connectivity index is 0.999. The van der Waals surface area contributed by atoms with Crippen molar-refractivity contribution in [1.82, 2.24) is 0 Å². The lowest BCUT2D eigenvalue weighted by Crippen LogP contribution is -3.61. The standard InChI is InChI=1S/C38H24B4/c1-5-11-17-15-9-3-7-13-14-8-4-10-16-18-12-6(2)30(40)28(12)26(18)24(16)20(8,10)22(14)21(13)19(7,9)23(15)25(17)27(11)29(5,39)37(41)35(27)33(25)31(21,23)32(22,24)34(26,33)36(28,35)38(30,37)42/h5-18H,3-4H2,1-2H3. The Kier molecular flexibility index (Phi) is 0.967. The zero-order valence-corrected chi connectivity index (χ0v) is 23.8. The lowest BCUT2D eigenvalue weighted by atomic mass is 8.38. The van der Waals surface area contributed by atoms with Crippen molar-refractivity contribution in [3.8, 4) is 0 Å². The number of rotatable bonds is 0. The summed E-state index contributed by atoms with van der Waals surface area (Å²) in [5, 5.41) is -1.08. The Bertz CT molecular complexity index is 2160. The molecule has 42 heavy (non-hydrogen) atoms. The van der Waals surface area contributed by atoms with Gasteiger partial charge in [0, 0.05) is 0 Å². The molecule has 188 valence electrons. The Hall–Kier alpha value is 0.260. The van der Waals surface area contributed by atoms with Crippen LogP contribution in [0, 0.1) is 169 Å². The van der Waals surface area contributed by atoms with E-state index in [4.69, 9.17) is 31.4 Å². The summed E-state index contributed by atoms with van der Waals surface area (Å²) >= 11 is 0. The van der Waals surface area contributed by atoms with Gasteiger partial charge in [0.1, 0.15) is 0 Å². The van der Waals surface area contributed by atoms with Crippen LogP contribution in [0.15, 0.2) is 0 Å². The molecule has 0 aliphatic heterocycles. The molecule has 4 heteroatoms. The molecular weight excluding hydrogens is 500 g/mol. The molecule has 0 N–H and O–H groups in total. The third kappa shape index (κ3) is 0.360. The third-order valence-electron chi connectivity index (χ3n) is 32.3. The molecule has 16 spiro atoms. The second-order valence-corrected chi connectivity index (χ2v) is 24.7. The van der Waals surface area contributed by atoms with Crippen molar-refractivity contribution in [2.24, 2.45) is 169 Å². The third-order valence-corrected chi connectivity index (χ3v) is 32.3. The first kappa shape index (κ1) is 16.4. The molecule has 25 saturated carbocycles. The topological polar surface area (TPSA) is 0 Å². The van der Waals surface area contributed by atoms with E-state index in [1.165, 1.54) is 47.3 Å². The van der Waals surface area contributed by atoms with Crippen LogP contribution in [-0.4, -0.2) is 31.4 Å². The summed E-state index contributed by atoms with van der Waals surface area (Å²) < 4.78 is 0. The highest BCUT2D eigenvalue weighted by Gasteiger charge is 3.64. The molecule has 25 aliphatic carbocycles. The van der Waals surface area contributed by atoms with E-state index in [9.17, 15) is 0 Å². The maximum Gasteiger partial charge on any atom is 0.0755 e. The van der Waals surface area contributed by atoms with E-state index in [1.54, 1.807) is 12.8 Å². The first-order valence-corrected chi connectivity index (χ1v) is 19.4. The van der Waals surface area contributed by atoms with Crippen LogP contribution in [0.25, 0.3) is 0 Å². The molecule has 0 heterocycles. The number of hydrogen-bond donors (Lipinski definition) is 0. The van der Waals surface area contributed by atoms with Crippen LogP contribution < -0.4 is 0 Å². The fraction of sp³-hybridized carbons (Fsp3) is 1.00. The van der Waals surface area contributed by atoms with Gasteiger partial charge < -0.3 is 0 Å². The zero-order valence-electron chi connectivity index (χ0n) is 23.8. The second kappa shape index (κ2) is 2.48. The molecule has 25 fully saturated rings. The second-order valence-electron chi connectivity index (χ2n) is 24.7. The Morgan fingerprint density at radius 3 is 1.14 bits per heavy atom. The highest BCUT2D eigenvalue weighted by atomic mass is 15.7. The fourth-order valence-corrected chi connectivity index (χ4v) is 39.8. The summed E-state index contributed by atoms with van der Waals surface area (Å²) in [5.74, 6) is 14.8. The minimum Gasteiger partial charge on any atom is -0.0624 e. The molecule has 25 aliphatic rings. The molecule has 0 aromatic carbocycles. The monoisotopic (exact) mass is 524 g/mol. The van der Waals surface area contributed by atoms with Crippen molar-refractivity contribution in [2.45, 2.75) is 47.9 Å². The first-order chi connectivity index (χ1) is 20.2. The van der Waals surface area contributed by atoms with Gasteiger partial charge in [0.15, 0.2) is 0 Å². The van der Waals surface area contributed by atoms with Gasteiger partial charge in [-0.25, -0.2) is 0 Å². The predicted octanol–water partition coefficient (Wildman–Crippen LogP) is 2.86. The average Bonchev–Trinajstić information content (AvgIpc) is 2.88. The van der Waals surface area contributed by atoms with Crippen LogP contribution in [0.4, 0.5) is 0 Å². The van der Waals surface area contributed by atoms with Crippen LogP contribution in [0.1, 0.15) is 26.7 Å². The SMILES string of the molecule is [B]C12C(C)C3C4C5C6CC7C8C9C%10CC%11C%12C%13C%14C(C)C%15([B])C%16([B])C1([B])C1%17C32C42C53C76C84C95C%10%11C%126C%137C%14%15C%161C71C56C43C2%171. The molecule has 0 saturated heterocycles. The van der Waals surface area contributed by atoms with Crippen molar-refractivity contribution in [2.75, 3.05) is 0 Å². The summed E-state index contributed by atoms with van der Waals surface area (Å²) in [5.41, 5.74) is 11.3. The van der Waals surface area contributed by atoms with Crippen LogP contribution in [0.2, 0.25) is 21.3 Å². The van der Waals surface area contributed by atoms with Crippen molar-refractivity contribution in [3.63, 3.8) is 0 Å². The maximum atomic E-state index is 8.36. The van der Waals surface area contributed by atoms with Gasteiger partial charge in [-0.15, -0.1) is 0 Å². The van der Waals surface area contributed by atoms with Crippen LogP contribution >= 0.6 is 0 Å². The van der Waals surface area contributed by atoms with Crippen molar-refractivity contribution in [1.29, 1.82) is 0 Å². The molecule has 0 bridgehead atoms. The van der Waals surface area contributed by atoms with Gasteiger partial charge >= 0.3 is 0 Å². The van der Waals surface area contributed by atoms with E-state index in [2.05, 4.69) is 13.8 Å². The fourth-order valence-electron chi connectivity index (χ4n) is 39.8. The molecule has 0 amide bonds. The zero-order chi connectivity index (χ0) is 25.5. The average molecular weight is 524 g/mol. The highest BCUT2D eigenvalue weighted by molar-refractivity contribution is 6.47. The molecular formula is C38H24B4. The van der Waals surface area contributed by atoms with Gasteiger partial charge in [0.2, 0.25) is 0 Å². The Morgan fingerprint density at radius 1 is 0.381 bits per heavy atom. The van der Waals surface area contributed by atoms with Gasteiger partial charge in [-0.1, -0.05) is 35.1 Å². The lowest BCUT2D eigenvalue weighted by Gasteiger charge is -3.63. The first-order valence-electron chi connectivity index (χ1n) is 19.4. The van der Waals surface area contributed by atoms with Gasteiger partial charge in [-0.3, -0.25) is 0 Å². The quantitative estimate of drug-likeness (QED) is 0.429. The molecule has 34 atom stereocenters. The van der Waals surface area contributed by atoms with Crippen LogP contribution in [-0.2, 0) is 0 Å². The maximum absolute atomic E-state index is 8.36. The van der Waals surface area contributed by atoms with E-state index in [-0.39, 0.29) is 21.3 Å². The molecule has 25 rings (SSSR count). The van der Waals surface area contributed by atoms with Gasteiger partial charge in [-0.2, -0.15) is 0 Å². The normalized spacial score (nSPS) is 129. The largest absolute Gasteiger partial charge is 0.0755 e. The molecule has 0 aromatic heterocycles. The summed E-state index contributed by atoms with van der Waals surface area (Å²) in [7, 11) is 33.0. The minimum atomic E-state index is -0.347. The highest BCUT2D eigenvalue weighted by Crippen LogP contribution is 3.67. The minimum absolute atomic E-state index is 0.194. The van der Waals surface area contributed by atoms with E-state index >= 15 is 0 Å². The van der Waals surface area contributed by atoms with Crippen molar-refractivity contribution in [3.05, 3.63) is 0 Å². The van der Waals surface area contributed by atoms with Gasteiger partial charge in [-0.05, 0) is 182 Å². The Labute approximate surface area is 248 Å². The van der Waals surface area contributed by atoms with Crippen LogP contribution in [0.5, 0.6) is 0 Å². The summed E-state index contributed by atoms with van der Waals surface area (Å²) in [6.45, 7) is 5.18. The van der Waals surface area contributed by atoms with Crippen molar-refractivity contribution < 1.29 is 0 Å². The number of fused-ring (bicyclic) bond motifs is 12. The molecule has 0 nitrogen and oxygen atoms in total. The lowest BCUT2D eigenvalue weighted by molar-refractivity contribution is -1.16. The van der Waals surface area contributed by atoms with Gasteiger partial charge in [0.05, 0.1) is 31.4 Å². The summed E-state index contributed by atoms with van der Waals surface area (Å²) in [6.07, 6.45) is 3.40. The Morgan fingerprint density at radius 2 is 0.738 bits per heavy atom.